The zero-order valence-corrected chi connectivity index (χ0v) is 20.0. The van der Waals surface area contributed by atoms with Crippen molar-refractivity contribution in [3.8, 4) is 0 Å². The van der Waals surface area contributed by atoms with Crippen molar-refractivity contribution in [2.24, 2.45) is 5.92 Å². The lowest BCUT2D eigenvalue weighted by molar-refractivity contribution is -0.138. The third-order valence-corrected chi connectivity index (χ3v) is 7.56. The third kappa shape index (κ3) is 4.35. The first-order valence-corrected chi connectivity index (χ1v) is 12.5. The number of anilines is 1. The summed E-state index contributed by atoms with van der Waals surface area (Å²) in [5.41, 5.74) is 0.472. The van der Waals surface area contributed by atoms with E-state index in [1.807, 2.05) is 6.07 Å². The molecule has 3 saturated heterocycles. The molecule has 4 aliphatic rings. The predicted molar refractivity (Wildman–Crippen MR) is 126 cm³/mol. The fourth-order valence-corrected chi connectivity index (χ4v) is 5.84. The normalized spacial score (nSPS) is 28.6. The van der Waals surface area contributed by atoms with Gasteiger partial charge in [0.1, 0.15) is 6.54 Å². The first-order chi connectivity index (χ1) is 17.0. The molecule has 0 radical (unpaired) electrons. The highest BCUT2D eigenvalue weighted by atomic mass is 16.6. The maximum absolute atomic E-state index is 13.7. The van der Waals surface area contributed by atoms with Crippen LogP contribution >= 0.6 is 0 Å². The number of carbonyl (C=O) groups excluding carboxylic acids is 4. The van der Waals surface area contributed by atoms with Gasteiger partial charge in [-0.25, -0.2) is 14.5 Å². The SMILES string of the molecule is CCOC(=O)N1CCN(C(=O)CN2C(=O)N(c3ccccc3)C(=O)C3OC4CCCCC4C32)CC1. The van der Waals surface area contributed by atoms with Crippen LogP contribution in [0.1, 0.15) is 32.6 Å². The van der Waals surface area contributed by atoms with Crippen LogP contribution in [0.3, 0.4) is 0 Å². The van der Waals surface area contributed by atoms with Gasteiger partial charge in [-0.3, -0.25) is 9.59 Å². The van der Waals surface area contributed by atoms with Gasteiger partial charge in [0.05, 0.1) is 24.4 Å². The topological polar surface area (TPSA) is 99.7 Å². The minimum absolute atomic E-state index is 0.0491. The average Bonchev–Trinajstić information content (AvgIpc) is 3.27. The number of para-hydroxylation sites is 1. The van der Waals surface area contributed by atoms with Crippen LogP contribution < -0.4 is 4.90 Å². The Hall–Kier alpha value is -3.14. The summed E-state index contributed by atoms with van der Waals surface area (Å²) in [6.07, 6.45) is 2.58. The van der Waals surface area contributed by atoms with Crippen molar-refractivity contribution in [1.82, 2.24) is 14.7 Å². The summed E-state index contributed by atoms with van der Waals surface area (Å²) in [6.45, 7) is 3.45. The summed E-state index contributed by atoms with van der Waals surface area (Å²) in [5, 5.41) is 0. The second-order valence-electron chi connectivity index (χ2n) is 9.52. The molecule has 5 amide bonds. The van der Waals surface area contributed by atoms with E-state index in [2.05, 4.69) is 0 Å². The quantitative estimate of drug-likeness (QED) is 0.649. The number of hydrogen-bond donors (Lipinski definition) is 0. The molecule has 1 saturated carbocycles. The minimum atomic E-state index is -0.769. The van der Waals surface area contributed by atoms with E-state index < -0.39 is 18.2 Å². The van der Waals surface area contributed by atoms with Crippen molar-refractivity contribution in [2.75, 3.05) is 44.2 Å². The summed E-state index contributed by atoms with van der Waals surface area (Å²) >= 11 is 0. The molecule has 10 heteroatoms. The molecule has 3 heterocycles. The Kier molecular flexibility index (Phi) is 6.64. The number of benzene rings is 1. The van der Waals surface area contributed by atoms with Crippen LogP contribution in [-0.4, -0.2) is 96.2 Å². The summed E-state index contributed by atoms with van der Waals surface area (Å²) in [5.74, 6) is -0.498. The lowest BCUT2D eigenvalue weighted by Gasteiger charge is -2.44. The standard InChI is InChI=1S/C25H32N4O6/c1-2-34-25(33)27-14-12-26(13-15-27)20(30)16-28-21-18-10-6-7-11-19(18)35-22(21)23(31)29(24(28)32)17-8-4-3-5-9-17/h3-5,8-9,18-19,21-22H,2,6-7,10-16H2,1H3. The lowest BCUT2D eigenvalue weighted by atomic mass is 9.81. The molecule has 1 aromatic rings. The van der Waals surface area contributed by atoms with Crippen LogP contribution in [0, 0.1) is 5.92 Å². The molecule has 10 nitrogen and oxygen atoms in total. The number of amides is 5. The van der Waals surface area contributed by atoms with E-state index in [0.29, 0.717) is 38.5 Å². The first-order valence-electron chi connectivity index (χ1n) is 12.5. The van der Waals surface area contributed by atoms with Crippen molar-refractivity contribution in [1.29, 1.82) is 0 Å². The number of ether oxygens (including phenoxy) is 2. The minimum Gasteiger partial charge on any atom is -0.450 e. The van der Waals surface area contributed by atoms with Gasteiger partial charge >= 0.3 is 12.1 Å². The van der Waals surface area contributed by atoms with Crippen molar-refractivity contribution in [3.63, 3.8) is 0 Å². The number of rotatable bonds is 4. The number of piperazine rings is 1. The van der Waals surface area contributed by atoms with Gasteiger partial charge in [-0.15, -0.1) is 0 Å². The third-order valence-electron chi connectivity index (χ3n) is 7.56. The molecule has 188 valence electrons. The van der Waals surface area contributed by atoms with Crippen LogP contribution in [0.25, 0.3) is 0 Å². The van der Waals surface area contributed by atoms with Gasteiger partial charge in [0, 0.05) is 32.1 Å². The number of nitrogens with zero attached hydrogens (tertiary/aromatic N) is 4. The van der Waals surface area contributed by atoms with Gasteiger partial charge in [-0.1, -0.05) is 31.0 Å². The Morgan fingerprint density at radius 2 is 1.69 bits per heavy atom. The molecule has 3 aliphatic heterocycles. The molecule has 5 rings (SSSR count). The Labute approximate surface area is 204 Å². The molecular formula is C25H32N4O6. The van der Waals surface area contributed by atoms with Crippen molar-refractivity contribution in [2.45, 2.75) is 50.9 Å². The van der Waals surface area contributed by atoms with E-state index in [4.69, 9.17) is 9.47 Å². The van der Waals surface area contributed by atoms with Crippen molar-refractivity contribution < 1.29 is 28.7 Å². The highest BCUT2D eigenvalue weighted by molar-refractivity contribution is 6.18. The smallest absolute Gasteiger partial charge is 0.409 e. The first kappa shape index (κ1) is 23.6. The zero-order valence-electron chi connectivity index (χ0n) is 20.0. The maximum Gasteiger partial charge on any atom is 0.409 e. The second kappa shape index (κ2) is 9.85. The van der Waals surface area contributed by atoms with E-state index in [1.165, 1.54) is 0 Å². The summed E-state index contributed by atoms with van der Waals surface area (Å²) in [4.78, 5) is 58.5. The average molecular weight is 485 g/mol. The number of fused-ring (bicyclic) bond motifs is 3. The van der Waals surface area contributed by atoms with Gasteiger partial charge < -0.3 is 24.2 Å². The van der Waals surface area contributed by atoms with E-state index >= 15 is 0 Å². The Balaban J connectivity index is 1.36. The summed E-state index contributed by atoms with van der Waals surface area (Å²) < 4.78 is 11.3. The molecule has 4 atom stereocenters. The van der Waals surface area contributed by atoms with Crippen LogP contribution in [0.5, 0.6) is 0 Å². The van der Waals surface area contributed by atoms with E-state index in [-0.39, 0.29) is 36.5 Å². The number of hydrogen-bond acceptors (Lipinski definition) is 6. The lowest BCUT2D eigenvalue weighted by Crippen LogP contribution is -2.66. The van der Waals surface area contributed by atoms with Crippen molar-refractivity contribution >= 4 is 29.6 Å². The largest absolute Gasteiger partial charge is 0.450 e. The molecule has 4 unspecified atom stereocenters. The van der Waals surface area contributed by atoms with Crippen LogP contribution in [0.15, 0.2) is 30.3 Å². The zero-order chi connectivity index (χ0) is 24.5. The number of imide groups is 1. The number of urea groups is 1. The van der Waals surface area contributed by atoms with Crippen LogP contribution in [0.4, 0.5) is 15.3 Å². The van der Waals surface area contributed by atoms with Gasteiger partial charge in [-0.05, 0) is 31.9 Å². The summed E-state index contributed by atoms with van der Waals surface area (Å²) in [6, 6.07) is 7.88. The molecule has 0 spiro atoms. The fourth-order valence-electron chi connectivity index (χ4n) is 5.84. The maximum atomic E-state index is 13.7. The monoisotopic (exact) mass is 484 g/mol. The van der Waals surface area contributed by atoms with E-state index in [0.717, 1.165) is 30.6 Å². The predicted octanol–water partition coefficient (Wildman–Crippen LogP) is 2.08. The van der Waals surface area contributed by atoms with Crippen molar-refractivity contribution in [3.05, 3.63) is 30.3 Å². The van der Waals surface area contributed by atoms with E-state index in [1.54, 1.807) is 45.9 Å². The molecular weight excluding hydrogens is 452 g/mol. The second-order valence-corrected chi connectivity index (χ2v) is 9.52. The molecule has 1 aromatic carbocycles. The van der Waals surface area contributed by atoms with Crippen LogP contribution in [0.2, 0.25) is 0 Å². The highest BCUT2D eigenvalue weighted by Gasteiger charge is 2.58. The van der Waals surface area contributed by atoms with Gasteiger partial charge in [0.2, 0.25) is 5.91 Å². The van der Waals surface area contributed by atoms with Gasteiger partial charge in [0.15, 0.2) is 6.10 Å². The molecule has 4 fully saturated rings. The molecule has 0 aromatic heterocycles. The van der Waals surface area contributed by atoms with E-state index in [9.17, 15) is 19.2 Å². The van der Waals surface area contributed by atoms with Gasteiger partial charge in [-0.2, -0.15) is 0 Å². The Bertz CT molecular complexity index is 979. The Morgan fingerprint density at radius 3 is 2.40 bits per heavy atom. The molecule has 0 N–H and O–H groups in total. The number of carbonyl (C=O) groups is 4. The van der Waals surface area contributed by atoms with Gasteiger partial charge in [0.25, 0.3) is 5.91 Å². The summed E-state index contributed by atoms with van der Waals surface area (Å²) in [7, 11) is 0. The molecule has 35 heavy (non-hydrogen) atoms. The van der Waals surface area contributed by atoms with Crippen LogP contribution in [-0.2, 0) is 19.1 Å². The highest BCUT2D eigenvalue weighted by Crippen LogP contribution is 2.43. The molecule has 1 aliphatic carbocycles. The molecule has 0 bridgehead atoms. The Morgan fingerprint density at radius 1 is 1.00 bits per heavy atom. The fraction of sp³-hybridized carbons (Fsp3) is 0.600.